The lowest BCUT2D eigenvalue weighted by atomic mass is 9.95. The van der Waals surface area contributed by atoms with Gasteiger partial charge in [0.25, 0.3) is 5.91 Å². The number of carbonyl (C=O) groups excluding carboxylic acids is 1. The summed E-state index contributed by atoms with van der Waals surface area (Å²) in [6.07, 6.45) is 7.08. The number of hydrogen-bond donors (Lipinski definition) is 2. The molecule has 162 valence electrons. The van der Waals surface area contributed by atoms with Crippen molar-refractivity contribution in [2.24, 2.45) is 5.10 Å². The van der Waals surface area contributed by atoms with Gasteiger partial charge in [0.1, 0.15) is 16.9 Å². The highest BCUT2D eigenvalue weighted by Crippen LogP contribution is 2.28. The monoisotopic (exact) mass is 446 g/mol. The zero-order chi connectivity index (χ0) is 22.1. The minimum atomic E-state index is -0.232. The van der Waals surface area contributed by atoms with E-state index < -0.39 is 0 Å². The smallest absolute Gasteiger partial charge is 0.257 e. The van der Waals surface area contributed by atoms with E-state index in [0.717, 1.165) is 31.2 Å². The van der Waals surface area contributed by atoms with Crippen molar-refractivity contribution in [3.05, 3.63) is 64.7 Å². The van der Waals surface area contributed by atoms with Gasteiger partial charge >= 0.3 is 0 Å². The van der Waals surface area contributed by atoms with Gasteiger partial charge in [-0.05, 0) is 42.7 Å². The maximum absolute atomic E-state index is 13.3. The molecule has 2 aromatic carbocycles. The first-order chi connectivity index (χ1) is 15.6. The van der Waals surface area contributed by atoms with Gasteiger partial charge in [-0.25, -0.2) is 9.97 Å². The third-order valence-electron chi connectivity index (χ3n) is 5.83. The Morgan fingerprint density at radius 2 is 1.75 bits per heavy atom. The highest BCUT2D eigenvalue weighted by atomic mass is 35.5. The molecule has 0 atom stereocenters. The lowest BCUT2D eigenvalue weighted by molar-refractivity contribution is 0.0930. The molecule has 2 aromatic heterocycles. The van der Waals surface area contributed by atoms with Crippen LogP contribution in [0.1, 0.15) is 48.0 Å². The summed E-state index contributed by atoms with van der Waals surface area (Å²) in [5, 5.41) is 8.32. The van der Waals surface area contributed by atoms with Crippen molar-refractivity contribution >= 4 is 51.7 Å². The van der Waals surface area contributed by atoms with Crippen LogP contribution < -0.4 is 11.1 Å². The Labute approximate surface area is 190 Å². The van der Waals surface area contributed by atoms with Crippen molar-refractivity contribution in [3.63, 3.8) is 0 Å². The van der Waals surface area contributed by atoms with Gasteiger partial charge in [0, 0.05) is 11.1 Å². The number of nitrogens with zero attached hydrogens (tertiary/aromatic N) is 4. The summed E-state index contributed by atoms with van der Waals surface area (Å²) < 4.78 is 1.49. The highest BCUT2D eigenvalue weighted by Gasteiger charge is 2.26. The largest absolute Gasteiger partial charge is 0.383 e. The molecule has 0 radical (unpaired) electrons. The molecule has 8 heteroatoms. The zero-order valence-corrected chi connectivity index (χ0v) is 18.2. The van der Waals surface area contributed by atoms with Crippen LogP contribution in [0.4, 0.5) is 5.82 Å². The topological polar surface area (TPSA) is 98.2 Å². The van der Waals surface area contributed by atoms with E-state index in [4.69, 9.17) is 27.3 Å². The number of fused-ring (bicyclic) bond motifs is 2. The number of halogens is 1. The van der Waals surface area contributed by atoms with Gasteiger partial charge in [-0.2, -0.15) is 9.78 Å². The highest BCUT2D eigenvalue weighted by molar-refractivity contribution is 6.30. The molecule has 32 heavy (non-hydrogen) atoms. The number of nitrogen functional groups attached to an aromatic ring is 1. The molecular weight excluding hydrogens is 424 g/mol. The van der Waals surface area contributed by atoms with Crippen LogP contribution in [0.5, 0.6) is 0 Å². The van der Waals surface area contributed by atoms with Crippen molar-refractivity contribution < 1.29 is 4.79 Å². The van der Waals surface area contributed by atoms with Crippen LogP contribution >= 0.6 is 11.6 Å². The molecule has 1 aliphatic carbocycles. The van der Waals surface area contributed by atoms with Crippen LogP contribution in [0.25, 0.3) is 22.2 Å². The van der Waals surface area contributed by atoms with E-state index >= 15 is 0 Å². The number of aromatic nitrogens is 3. The second kappa shape index (κ2) is 8.59. The van der Waals surface area contributed by atoms with Gasteiger partial charge in [-0.1, -0.05) is 55.1 Å². The van der Waals surface area contributed by atoms with E-state index in [1.54, 1.807) is 18.3 Å². The molecule has 1 saturated carbocycles. The molecule has 4 aromatic rings. The fourth-order valence-electron chi connectivity index (χ4n) is 4.17. The van der Waals surface area contributed by atoms with E-state index in [9.17, 15) is 4.79 Å². The van der Waals surface area contributed by atoms with Crippen LogP contribution in [0.3, 0.4) is 0 Å². The van der Waals surface area contributed by atoms with Gasteiger partial charge in [-0.3, -0.25) is 4.79 Å². The molecule has 0 unspecified atom stereocenters. The molecule has 1 fully saturated rings. The quantitative estimate of drug-likeness (QED) is 0.441. The molecule has 0 bridgehead atoms. The van der Waals surface area contributed by atoms with E-state index in [1.165, 1.54) is 11.1 Å². The summed E-state index contributed by atoms with van der Waals surface area (Å²) in [4.78, 5) is 22.7. The van der Waals surface area contributed by atoms with Gasteiger partial charge in [0.2, 0.25) is 0 Å². The number of carbonyl (C=O) groups is 1. The fraction of sp³-hybridized carbons (Fsp3) is 0.250. The van der Waals surface area contributed by atoms with Crippen LogP contribution in [0.15, 0.2) is 53.6 Å². The SMILES string of the molecule is Nc1c(C(=O)NC2CCCCC2)c2nc3ccccc3nc2n1N=Cc1ccc(Cl)cc1. The number of benzene rings is 2. The predicted molar refractivity (Wildman–Crippen MR) is 128 cm³/mol. The zero-order valence-electron chi connectivity index (χ0n) is 17.5. The van der Waals surface area contributed by atoms with E-state index in [1.807, 2.05) is 36.4 Å². The first-order valence-corrected chi connectivity index (χ1v) is 11.2. The van der Waals surface area contributed by atoms with Crippen molar-refractivity contribution in [2.75, 3.05) is 5.73 Å². The van der Waals surface area contributed by atoms with Crippen LogP contribution in [-0.2, 0) is 0 Å². The Kier molecular flexibility index (Phi) is 5.49. The summed E-state index contributed by atoms with van der Waals surface area (Å²) in [6, 6.07) is 15.0. The maximum atomic E-state index is 13.3. The normalized spacial score (nSPS) is 15.0. The average Bonchev–Trinajstić information content (AvgIpc) is 3.08. The van der Waals surface area contributed by atoms with Crippen molar-refractivity contribution in [1.82, 2.24) is 20.0 Å². The van der Waals surface area contributed by atoms with Crippen LogP contribution in [0.2, 0.25) is 5.02 Å². The molecule has 3 N–H and O–H groups in total. The van der Waals surface area contributed by atoms with E-state index in [-0.39, 0.29) is 17.8 Å². The van der Waals surface area contributed by atoms with Gasteiger partial charge in [0.05, 0.1) is 17.2 Å². The summed E-state index contributed by atoms with van der Waals surface area (Å²) in [6.45, 7) is 0. The predicted octanol–water partition coefficient (Wildman–Crippen LogP) is 4.76. The summed E-state index contributed by atoms with van der Waals surface area (Å²) in [5.74, 6) is -0.0155. The first-order valence-electron chi connectivity index (χ1n) is 10.8. The van der Waals surface area contributed by atoms with Crippen molar-refractivity contribution in [1.29, 1.82) is 0 Å². The van der Waals surface area contributed by atoms with Crippen molar-refractivity contribution in [3.8, 4) is 0 Å². The number of hydrogen-bond acceptors (Lipinski definition) is 5. The number of anilines is 1. The maximum Gasteiger partial charge on any atom is 0.257 e. The number of nitrogens with two attached hydrogens (primary N) is 1. The number of rotatable bonds is 4. The summed E-state index contributed by atoms with van der Waals surface area (Å²) in [7, 11) is 0. The molecular formula is C24H23ClN6O. The molecule has 1 aliphatic rings. The van der Waals surface area contributed by atoms with Crippen LogP contribution in [0, 0.1) is 0 Å². The number of para-hydroxylation sites is 2. The molecule has 0 saturated heterocycles. The van der Waals surface area contributed by atoms with Crippen molar-refractivity contribution in [2.45, 2.75) is 38.1 Å². The fourth-order valence-corrected chi connectivity index (χ4v) is 4.29. The Bertz CT molecular complexity index is 1320. The number of nitrogens with one attached hydrogen (secondary N) is 1. The molecule has 5 rings (SSSR count). The molecule has 1 amide bonds. The minimum absolute atomic E-state index is 0.153. The van der Waals surface area contributed by atoms with Gasteiger partial charge in [-0.15, -0.1) is 0 Å². The Hall–Kier alpha value is -3.45. The second-order valence-corrected chi connectivity index (χ2v) is 8.50. The standard InChI is InChI=1S/C24H23ClN6O/c25-16-12-10-15(11-13-16)14-27-31-22(26)20(24(32)28-17-6-2-1-3-7-17)21-23(31)30-19-9-5-4-8-18(19)29-21/h4-5,8-14,17H,1-3,6-7,26H2,(H,28,32). The minimum Gasteiger partial charge on any atom is -0.383 e. The summed E-state index contributed by atoms with van der Waals surface area (Å²) in [5.41, 5.74) is 9.92. The lowest BCUT2D eigenvalue weighted by Crippen LogP contribution is -2.36. The van der Waals surface area contributed by atoms with E-state index in [0.29, 0.717) is 32.8 Å². The Morgan fingerprint density at radius 1 is 1.06 bits per heavy atom. The third kappa shape index (κ3) is 3.91. The lowest BCUT2D eigenvalue weighted by Gasteiger charge is -2.22. The van der Waals surface area contributed by atoms with Crippen LogP contribution in [-0.4, -0.2) is 32.8 Å². The van der Waals surface area contributed by atoms with E-state index in [2.05, 4.69) is 10.4 Å². The van der Waals surface area contributed by atoms with Gasteiger partial charge < -0.3 is 11.1 Å². The molecule has 0 aliphatic heterocycles. The summed E-state index contributed by atoms with van der Waals surface area (Å²) >= 11 is 5.97. The first kappa shape index (κ1) is 20.5. The number of amides is 1. The second-order valence-electron chi connectivity index (χ2n) is 8.06. The Morgan fingerprint density at radius 3 is 2.47 bits per heavy atom. The third-order valence-corrected chi connectivity index (χ3v) is 6.09. The molecule has 2 heterocycles. The Balaban J connectivity index is 1.61. The molecule has 0 spiro atoms. The average molecular weight is 447 g/mol. The molecule has 7 nitrogen and oxygen atoms in total. The van der Waals surface area contributed by atoms with Gasteiger partial charge in [0.15, 0.2) is 5.65 Å².